The molecule has 0 aliphatic heterocycles. The summed E-state index contributed by atoms with van der Waals surface area (Å²) in [6.07, 6.45) is 3.34. The van der Waals surface area contributed by atoms with Crippen molar-refractivity contribution in [3.05, 3.63) is 88.6 Å². The van der Waals surface area contributed by atoms with Crippen molar-refractivity contribution in [2.75, 3.05) is 12.4 Å². The van der Waals surface area contributed by atoms with Gasteiger partial charge in [0.2, 0.25) is 5.91 Å². The van der Waals surface area contributed by atoms with Crippen LogP contribution in [-0.4, -0.2) is 13.0 Å². The van der Waals surface area contributed by atoms with E-state index in [2.05, 4.69) is 52.4 Å². The van der Waals surface area contributed by atoms with Gasteiger partial charge in [-0.2, -0.15) is 0 Å². The predicted molar refractivity (Wildman–Crippen MR) is 129 cm³/mol. The maximum Gasteiger partial charge on any atom is 0.248 e. The summed E-state index contributed by atoms with van der Waals surface area (Å²) in [5.74, 6) is 0.449. The molecule has 1 N–H and O–H groups in total. The van der Waals surface area contributed by atoms with Crippen molar-refractivity contribution in [1.82, 2.24) is 0 Å². The molecule has 0 aliphatic carbocycles. The van der Waals surface area contributed by atoms with Crippen LogP contribution < -0.4 is 10.1 Å². The van der Waals surface area contributed by atoms with Crippen LogP contribution in [0.2, 0.25) is 0 Å². The molecule has 0 unspecified atom stereocenters. The summed E-state index contributed by atoms with van der Waals surface area (Å²) in [6, 6.07) is 19.7. The minimum atomic E-state index is -0.205. The van der Waals surface area contributed by atoms with Crippen molar-refractivity contribution in [3.8, 4) is 16.9 Å². The standard InChI is InChI=1S/C26H22BrNO3/c1-16-7-9-18(10-8-16)23-15-31-25-14-24(30-3)21(13-22(23)25)17(2)11-26(29)28-20-6-4-5-19(27)12-20/h4-15H,1-3H3,(H,28,29)/b17-11+. The number of rotatable bonds is 5. The molecule has 5 heteroatoms. The van der Waals surface area contributed by atoms with Gasteiger partial charge in [0.05, 0.1) is 13.4 Å². The van der Waals surface area contributed by atoms with Crippen LogP contribution in [0.15, 0.2) is 81.9 Å². The zero-order chi connectivity index (χ0) is 22.0. The number of carbonyl (C=O) groups is 1. The molecule has 4 aromatic rings. The summed E-state index contributed by atoms with van der Waals surface area (Å²) >= 11 is 3.42. The quantitative estimate of drug-likeness (QED) is 0.310. The van der Waals surface area contributed by atoms with Crippen LogP contribution in [-0.2, 0) is 4.79 Å². The van der Waals surface area contributed by atoms with Gasteiger partial charge in [0.25, 0.3) is 0 Å². The fraction of sp³-hybridized carbons (Fsp3) is 0.115. The minimum absolute atomic E-state index is 0.205. The third-order valence-electron chi connectivity index (χ3n) is 5.12. The first kappa shape index (κ1) is 20.9. The zero-order valence-corrected chi connectivity index (χ0v) is 19.1. The first-order valence-corrected chi connectivity index (χ1v) is 10.7. The molecule has 31 heavy (non-hydrogen) atoms. The number of hydrogen-bond acceptors (Lipinski definition) is 3. The molecule has 4 nitrogen and oxygen atoms in total. The normalized spacial score (nSPS) is 11.5. The highest BCUT2D eigenvalue weighted by atomic mass is 79.9. The summed E-state index contributed by atoms with van der Waals surface area (Å²) in [4.78, 5) is 12.6. The van der Waals surface area contributed by atoms with Gasteiger partial charge in [-0.3, -0.25) is 4.79 Å². The Morgan fingerprint density at radius 1 is 1.10 bits per heavy atom. The molecular formula is C26H22BrNO3. The molecule has 1 amide bonds. The number of furan rings is 1. The first-order valence-electron chi connectivity index (χ1n) is 9.86. The predicted octanol–water partition coefficient (Wildman–Crippen LogP) is 7.22. The number of carbonyl (C=O) groups excluding carboxylic acids is 1. The van der Waals surface area contributed by atoms with Crippen molar-refractivity contribution in [1.29, 1.82) is 0 Å². The lowest BCUT2D eigenvalue weighted by Gasteiger charge is -2.10. The van der Waals surface area contributed by atoms with Gasteiger partial charge in [-0.15, -0.1) is 0 Å². The molecule has 0 saturated carbocycles. The molecule has 4 rings (SSSR count). The maximum atomic E-state index is 12.6. The van der Waals surface area contributed by atoms with Crippen molar-refractivity contribution < 1.29 is 13.9 Å². The van der Waals surface area contributed by atoms with Crippen molar-refractivity contribution in [2.24, 2.45) is 0 Å². The summed E-state index contributed by atoms with van der Waals surface area (Å²) in [6.45, 7) is 3.96. The Morgan fingerprint density at radius 3 is 2.58 bits per heavy atom. The molecule has 0 bridgehead atoms. The number of benzene rings is 3. The Hall–Kier alpha value is -3.31. The molecule has 1 aromatic heterocycles. The van der Waals surface area contributed by atoms with Crippen LogP contribution in [0.5, 0.6) is 5.75 Å². The number of hydrogen-bond donors (Lipinski definition) is 1. The fourth-order valence-corrected chi connectivity index (χ4v) is 3.91. The zero-order valence-electron chi connectivity index (χ0n) is 17.5. The molecule has 1 heterocycles. The van der Waals surface area contributed by atoms with Crippen molar-refractivity contribution in [2.45, 2.75) is 13.8 Å². The van der Waals surface area contributed by atoms with E-state index in [1.807, 2.05) is 43.3 Å². The van der Waals surface area contributed by atoms with Gasteiger partial charge in [-0.1, -0.05) is 51.8 Å². The van der Waals surface area contributed by atoms with E-state index in [-0.39, 0.29) is 5.91 Å². The third kappa shape index (κ3) is 4.57. The maximum absolute atomic E-state index is 12.6. The van der Waals surface area contributed by atoms with Gasteiger partial charge in [-0.25, -0.2) is 0 Å². The second kappa shape index (κ2) is 8.82. The highest BCUT2D eigenvalue weighted by Gasteiger charge is 2.15. The number of amides is 1. The second-order valence-corrected chi connectivity index (χ2v) is 8.31. The molecule has 0 atom stereocenters. The van der Waals surface area contributed by atoms with E-state index in [0.29, 0.717) is 5.75 Å². The Kier molecular flexibility index (Phi) is 5.96. The number of allylic oxidation sites excluding steroid dienone is 1. The highest BCUT2D eigenvalue weighted by molar-refractivity contribution is 9.10. The van der Waals surface area contributed by atoms with Gasteiger partial charge in [0, 0.05) is 38.8 Å². The van der Waals surface area contributed by atoms with Crippen LogP contribution in [0, 0.1) is 6.92 Å². The number of fused-ring (bicyclic) bond motifs is 1. The van der Waals surface area contributed by atoms with Crippen molar-refractivity contribution in [3.63, 3.8) is 0 Å². The average Bonchev–Trinajstić information content (AvgIpc) is 3.16. The number of aryl methyl sites for hydroxylation is 1. The van der Waals surface area contributed by atoms with Crippen LogP contribution in [0.3, 0.4) is 0 Å². The molecule has 0 aliphatic rings. The topological polar surface area (TPSA) is 51.5 Å². The van der Waals surface area contributed by atoms with Crippen LogP contribution in [0.4, 0.5) is 5.69 Å². The third-order valence-corrected chi connectivity index (χ3v) is 5.62. The largest absolute Gasteiger partial charge is 0.496 e. The Labute approximate surface area is 189 Å². The van der Waals surface area contributed by atoms with Crippen LogP contribution in [0.1, 0.15) is 18.1 Å². The monoisotopic (exact) mass is 475 g/mol. The van der Waals surface area contributed by atoms with Gasteiger partial charge in [0.1, 0.15) is 11.3 Å². The lowest BCUT2D eigenvalue weighted by Crippen LogP contribution is -2.08. The van der Waals surface area contributed by atoms with Gasteiger partial charge in [-0.05, 0) is 49.2 Å². The van der Waals surface area contributed by atoms with E-state index in [9.17, 15) is 4.79 Å². The van der Waals surface area contributed by atoms with E-state index in [1.165, 1.54) is 5.56 Å². The van der Waals surface area contributed by atoms with E-state index in [4.69, 9.17) is 9.15 Å². The van der Waals surface area contributed by atoms with Gasteiger partial charge in [0.15, 0.2) is 0 Å². The van der Waals surface area contributed by atoms with Gasteiger partial charge >= 0.3 is 0 Å². The number of anilines is 1. The summed E-state index contributed by atoms with van der Waals surface area (Å²) in [5, 5.41) is 3.86. The molecule has 0 saturated heterocycles. The summed E-state index contributed by atoms with van der Waals surface area (Å²) in [5.41, 5.74) is 6.38. The highest BCUT2D eigenvalue weighted by Crippen LogP contribution is 2.37. The summed E-state index contributed by atoms with van der Waals surface area (Å²) in [7, 11) is 1.61. The lowest BCUT2D eigenvalue weighted by atomic mass is 9.99. The smallest absolute Gasteiger partial charge is 0.248 e. The van der Waals surface area contributed by atoms with E-state index in [0.717, 1.165) is 43.4 Å². The molecule has 156 valence electrons. The number of methoxy groups -OCH3 is 1. The van der Waals surface area contributed by atoms with Crippen LogP contribution in [0.25, 0.3) is 27.7 Å². The lowest BCUT2D eigenvalue weighted by molar-refractivity contribution is -0.111. The molecule has 0 fully saturated rings. The molecular weight excluding hydrogens is 454 g/mol. The van der Waals surface area contributed by atoms with E-state index in [1.54, 1.807) is 19.4 Å². The summed E-state index contributed by atoms with van der Waals surface area (Å²) < 4.78 is 12.3. The Balaban J connectivity index is 1.71. The minimum Gasteiger partial charge on any atom is -0.496 e. The van der Waals surface area contributed by atoms with Gasteiger partial charge < -0.3 is 14.5 Å². The number of nitrogens with one attached hydrogen (secondary N) is 1. The first-order chi connectivity index (χ1) is 14.9. The van der Waals surface area contributed by atoms with E-state index < -0.39 is 0 Å². The van der Waals surface area contributed by atoms with Crippen LogP contribution >= 0.6 is 15.9 Å². The Morgan fingerprint density at radius 2 is 1.87 bits per heavy atom. The van der Waals surface area contributed by atoms with Crippen molar-refractivity contribution >= 4 is 44.1 Å². The molecule has 0 spiro atoms. The number of ether oxygens (including phenoxy) is 1. The SMILES string of the molecule is COc1cc2occ(-c3ccc(C)cc3)c2cc1/C(C)=C/C(=O)Nc1cccc(Br)c1. The second-order valence-electron chi connectivity index (χ2n) is 7.39. The molecule has 0 radical (unpaired) electrons. The van der Waals surface area contributed by atoms with E-state index >= 15 is 0 Å². The average molecular weight is 476 g/mol. The fourth-order valence-electron chi connectivity index (χ4n) is 3.51. The number of halogens is 1. The molecule has 3 aromatic carbocycles. The Bertz CT molecular complexity index is 1290.